The Bertz CT molecular complexity index is 412. The third kappa shape index (κ3) is 11.4. The van der Waals surface area contributed by atoms with Gasteiger partial charge in [0.05, 0.1) is 0 Å². The number of rotatable bonds is 16. The van der Waals surface area contributed by atoms with Crippen molar-refractivity contribution in [2.75, 3.05) is 0 Å². The molecule has 3 fully saturated rings. The lowest BCUT2D eigenvalue weighted by Gasteiger charge is -2.36. The summed E-state index contributed by atoms with van der Waals surface area (Å²) in [6, 6.07) is 0. The smallest absolute Gasteiger partial charge is 0.0411 e. The fraction of sp³-hybridized carbons (Fsp3) is 1.00. The molecule has 3 rings (SSSR count). The molecule has 0 saturated heterocycles. The van der Waals surface area contributed by atoms with E-state index >= 15 is 0 Å². The van der Waals surface area contributed by atoms with Crippen molar-refractivity contribution in [1.82, 2.24) is 0 Å². The normalized spacial score (nSPS) is 32.6. The second-order valence-electron chi connectivity index (χ2n) is 13.5. The Morgan fingerprint density at radius 2 is 0.588 bits per heavy atom. The molecule has 0 amide bonds. The Kier molecular flexibility index (Phi) is 14.7. The fourth-order valence-corrected chi connectivity index (χ4v) is 8.23. The average Bonchev–Trinajstić information content (AvgIpc) is 2.87. The molecule has 0 atom stereocenters. The lowest BCUT2D eigenvalue weighted by Crippen LogP contribution is -2.23. The van der Waals surface area contributed by atoms with E-state index in [1.807, 2.05) is 0 Å². The van der Waals surface area contributed by atoms with E-state index in [-0.39, 0.29) is 0 Å². The van der Waals surface area contributed by atoms with Gasteiger partial charge in [-0.1, -0.05) is 168 Å². The SMILES string of the molecule is CCCCCCCC1CCC(C[C@H]2CC[C@H](CC3CCC(CCCCCCC)CC3)CC2)CC1. The molecule has 0 aliphatic heterocycles. The second-order valence-corrected chi connectivity index (χ2v) is 13.5. The molecule has 0 aromatic rings. The van der Waals surface area contributed by atoms with E-state index in [2.05, 4.69) is 13.8 Å². The highest BCUT2D eigenvalue weighted by Crippen LogP contribution is 2.42. The second kappa shape index (κ2) is 17.5. The maximum absolute atomic E-state index is 2.33. The first-order valence-corrected chi connectivity index (χ1v) is 16.8. The van der Waals surface area contributed by atoms with Gasteiger partial charge in [0.2, 0.25) is 0 Å². The van der Waals surface area contributed by atoms with Crippen LogP contribution in [0.1, 0.15) is 181 Å². The van der Waals surface area contributed by atoms with E-state index in [0.29, 0.717) is 0 Å². The van der Waals surface area contributed by atoms with E-state index in [9.17, 15) is 0 Å². The molecule has 0 N–H and O–H groups in total. The number of hydrogen-bond acceptors (Lipinski definition) is 0. The summed E-state index contributed by atoms with van der Waals surface area (Å²) in [5.41, 5.74) is 0. The van der Waals surface area contributed by atoms with Crippen molar-refractivity contribution >= 4 is 0 Å². The molecule has 0 bridgehead atoms. The van der Waals surface area contributed by atoms with Crippen LogP contribution >= 0.6 is 0 Å². The van der Waals surface area contributed by atoms with Crippen LogP contribution in [0.15, 0.2) is 0 Å². The molecule has 0 aromatic heterocycles. The minimum Gasteiger partial charge on any atom is -0.0654 e. The van der Waals surface area contributed by atoms with Gasteiger partial charge in [-0.25, -0.2) is 0 Å². The van der Waals surface area contributed by atoms with Crippen LogP contribution in [0.4, 0.5) is 0 Å². The zero-order valence-corrected chi connectivity index (χ0v) is 23.8. The van der Waals surface area contributed by atoms with E-state index in [1.165, 1.54) is 64.2 Å². The van der Waals surface area contributed by atoms with E-state index in [0.717, 1.165) is 35.5 Å². The van der Waals surface area contributed by atoms with Crippen molar-refractivity contribution in [3.63, 3.8) is 0 Å². The molecule has 3 aliphatic carbocycles. The van der Waals surface area contributed by atoms with E-state index in [4.69, 9.17) is 0 Å². The molecule has 0 radical (unpaired) electrons. The Morgan fingerprint density at radius 3 is 0.882 bits per heavy atom. The first-order valence-electron chi connectivity index (χ1n) is 16.8. The minimum absolute atomic E-state index is 1.09. The Morgan fingerprint density at radius 1 is 0.324 bits per heavy atom. The summed E-state index contributed by atoms with van der Waals surface area (Å²) in [4.78, 5) is 0. The minimum atomic E-state index is 1.09. The molecular formula is C34H64. The molecule has 0 spiro atoms. The van der Waals surface area contributed by atoms with Gasteiger partial charge >= 0.3 is 0 Å². The van der Waals surface area contributed by atoms with Gasteiger partial charge in [0.25, 0.3) is 0 Å². The van der Waals surface area contributed by atoms with Crippen molar-refractivity contribution in [3.8, 4) is 0 Å². The maximum atomic E-state index is 2.33. The highest BCUT2D eigenvalue weighted by molar-refractivity contribution is 4.81. The molecule has 0 unspecified atom stereocenters. The fourth-order valence-electron chi connectivity index (χ4n) is 8.23. The predicted molar refractivity (Wildman–Crippen MR) is 152 cm³/mol. The molecule has 0 aromatic carbocycles. The van der Waals surface area contributed by atoms with E-state index < -0.39 is 0 Å². The summed E-state index contributed by atoms with van der Waals surface area (Å²) in [6.07, 6.45) is 39.8. The molecule has 0 heteroatoms. The Balaban J connectivity index is 1.18. The third-order valence-electron chi connectivity index (χ3n) is 10.7. The van der Waals surface area contributed by atoms with Gasteiger partial charge in [0.1, 0.15) is 0 Å². The Labute approximate surface area is 216 Å². The molecule has 34 heavy (non-hydrogen) atoms. The summed E-state index contributed by atoms with van der Waals surface area (Å²) in [5.74, 6) is 6.55. The molecule has 0 nitrogen and oxygen atoms in total. The molecule has 3 aliphatic rings. The van der Waals surface area contributed by atoms with Crippen LogP contribution in [-0.2, 0) is 0 Å². The van der Waals surface area contributed by atoms with Gasteiger partial charge in [-0.15, -0.1) is 0 Å². The van der Waals surface area contributed by atoms with Crippen molar-refractivity contribution in [3.05, 3.63) is 0 Å². The van der Waals surface area contributed by atoms with Crippen LogP contribution in [-0.4, -0.2) is 0 Å². The zero-order chi connectivity index (χ0) is 23.8. The summed E-state index contributed by atoms with van der Waals surface area (Å²) < 4.78 is 0. The summed E-state index contributed by atoms with van der Waals surface area (Å²) >= 11 is 0. The van der Waals surface area contributed by atoms with Gasteiger partial charge in [-0.2, -0.15) is 0 Å². The topological polar surface area (TPSA) is 0 Å². The Hall–Kier alpha value is 0. The van der Waals surface area contributed by atoms with Crippen LogP contribution < -0.4 is 0 Å². The van der Waals surface area contributed by atoms with Crippen LogP contribution in [0, 0.1) is 35.5 Å². The van der Waals surface area contributed by atoms with Gasteiger partial charge < -0.3 is 0 Å². The lowest BCUT2D eigenvalue weighted by atomic mass is 9.70. The zero-order valence-electron chi connectivity index (χ0n) is 23.8. The number of unbranched alkanes of at least 4 members (excludes halogenated alkanes) is 8. The van der Waals surface area contributed by atoms with Gasteiger partial charge in [0, 0.05) is 0 Å². The summed E-state index contributed by atoms with van der Waals surface area (Å²) in [7, 11) is 0. The average molecular weight is 473 g/mol. The van der Waals surface area contributed by atoms with E-state index in [1.54, 1.807) is 103 Å². The standard InChI is InChI=1S/C34H64/c1-3-5-7-9-11-13-29-15-19-31(20-16-29)27-33-23-25-34(26-24-33)28-32-21-17-30(18-22-32)14-12-10-8-6-4-2/h29-34H,3-28H2,1-2H3/t29?,30?,31?,32?,33-,34-. The summed E-state index contributed by atoms with van der Waals surface area (Å²) in [6.45, 7) is 4.66. The van der Waals surface area contributed by atoms with Gasteiger partial charge in [-0.3, -0.25) is 0 Å². The first kappa shape index (κ1) is 28.6. The first-order chi connectivity index (χ1) is 16.8. The molecular weight excluding hydrogens is 408 g/mol. The van der Waals surface area contributed by atoms with Crippen molar-refractivity contribution < 1.29 is 0 Å². The summed E-state index contributed by atoms with van der Waals surface area (Å²) in [5, 5.41) is 0. The van der Waals surface area contributed by atoms with Gasteiger partial charge in [-0.05, 0) is 48.3 Å². The van der Waals surface area contributed by atoms with Crippen LogP contribution in [0.5, 0.6) is 0 Å². The van der Waals surface area contributed by atoms with Crippen LogP contribution in [0.2, 0.25) is 0 Å². The van der Waals surface area contributed by atoms with Gasteiger partial charge in [0.15, 0.2) is 0 Å². The lowest BCUT2D eigenvalue weighted by molar-refractivity contribution is 0.161. The van der Waals surface area contributed by atoms with Crippen LogP contribution in [0.25, 0.3) is 0 Å². The van der Waals surface area contributed by atoms with Crippen molar-refractivity contribution in [1.29, 1.82) is 0 Å². The maximum Gasteiger partial charge on any atom is -0.0411 e. The van der Waals surface area contributed by atoms with Crippen molar-refractivity contribution in [2.45, 2.75) is 181 Å². The molecule has 200 valence electrons. The predicted octanol–water partition coefficient (Wildman–Crippen LogP) is 11.9. The quantitative estimate of drug-likeness (QED) is 0.196. The highest BCUT2D eigenvalue weighted by atomic mass is 14.3. The molecule has 0 heterocycles. The monoisotopic (exact) mass is 473 g/mol. The highest BCUT2D eigenvalue weighted by Gasteiger charge is 2.29. The largest absolute Gasteiger partial charge is 0.0654 e. The van der Waals surface area contributed by atoms with Crippen molar-refractivity contribution in [2.24, 2.45) is 35.5 Å². The van der Waals surface area contributed by atoms with Crippen LogP contribution in [0.3, 0.4) is 0 Å². The number of hydrogen-bond donors (Lipinski definition) is 0. The molecule has 3 saturated carbocycles. The third-order valence-corrected chi connectivity index (χ3v) is 10.7.